The third kappa shape index (κ3) is 4.60. The molecular weight excluding hydrogens is 270 g/mol. The van der Waals surface area contributed by atoms with Crippen molar-refractivity contribution in [2.24, 2.45) is 0 Å². The van der Waals surface area contributed by atoms with Gasteiger partial charge in [0.15, 0.2) is 9.84 Å². The average Bonchev–Trinajstić information content (AvgIpc) is 2.36. The molecule has 1 atom stereocenters. The van der Waals surface area contributed by atoms with Crippen LogP contribution in [0.25, 0.3) is 0 Å². The lowest BCUT2D eigenvalue weighted by Gasteiger charge is -2.25. The monoisotopic (exact) mass is 297 g/mol. The minimum atomic E-state index is -3.06. The van der Waals surface area contributed by atoms with E-state index in [1.807, 2.05) is 0 Å². The zero-order chi connectivity index (χ0) is 15.4. The van der Waals surface area contributed by atoms with Gasteiger partial charge in [-0.3, -0.25) is 0 Å². The minimum Gasteiger partial charge on any atom is -0.309 e. The molecule has 0 fully saturated rings. The zero-order valence-electron chi connectivity index (χ0n) is 13.2. The maximum atomic E-state index is 11.7. The quantitative estimate of drug-likeness (QED) is 0.841. The van der Waals surface area contributed by atoms with Crippen LogP contribution in [0.5, 0.6) is 0 Å². The molecule has 0 saturated carbocycles. The Balaban J connectivity index is 2.65. The molecule has 0 heterocycles. The normalized spacial score (nSPS) is 14.2. The standard InChI is InChI=1S/C16H27NO2S/c1-6-7-14-8-10-15(11-9-14)13(2)17-12-16(3,4)20(5,18)19/h8-11,13,17H,6-7,12H2,1-5H3. The molecule has 0 bridgehead atoms. The summed E-state index contributed by atoms with van der Waals surface area (Å²) in [4.78, 5) is 0. The van der Waals surface area contributed by atoms with Crippen molar-refractivity contribution in [2.75, 3.05) is 12.8 Å². The van der Waals surface area contributed by atoms with Gasteiger partial charge in [0.25, 0.3) is 0 Å². The van der Waals surface area contributed by atoms with Crippen LogP contribution in [0.4, 0.5) is 0 Å². The first kappa shape index (κ1) is 17.2. The van der Waals surface area contributed by atoms with Gasteiger partial charge in [0.2, 0.25) is 0 Å². The van der Waals surface area contributed by atoms with Crippen LogP contribution in [0.3, 0.4) is 0 Å². The number of nitrogens with one attached hydrogen (secondary N) is 1. The van der Waals surface area contributed by atoms with E-state index in [-0.39, 0.29) is 6.04 Å². The Bertz CT molecular complexity index is 518. The third-order valence-electron chi connectivity index (χ3n) is 3.86. The zero-order valence-corrected chi connectivity index (χ0v) is 14.0. The first-order chi connectivity index (χ1) is 9.17. The summed E-state index contributed by atoms with van der Waals surface area (Å²) in [5.74, 6) is 0. The van der Waals surface area contributed by atoms with E-state index in [0.717, 1.165) is 12.8 Å². The molecule has 0 aliphatic heterocycles. The van der Waals surface area contributed by atoms with Crippen LogP contribution in [0.1, 0.15) is 51.3 Å². The van der Waals surface area contributed by atoms with Crippen LogP contribution in [0.2, 0.25) is 0 Å². The Morgan fingerprint density at radius 3 is 2.20 bits per heavy atom. The molecule has 0 radical (unpaired) electrons. The smallest absolute Gasteiger partial charge is 0.153 e. The Labute approximate surface area is 123 Å². The molecule has 0 amide bonds. The van der Waals surface area contributed by atoms with Gasteiger partial charge < -0.3 is 5.32 Å². The maximum absolute atomic E-state index is 11.7. The second-order valence-electron chi connectivity index (χ2n) is 6.13. The summed E-state index contributed by atoms with van der Waals surface area (Å²) < 4.78 is 22.6. The van der Waals surface area contributed by atoms with Crippen molar-refractivity contribution >= 4 is 9.84 Å². The molecule has 1 unspecified atom stereocenters. The fourth-order valence-corrected chi connectivity index (χ4v) is 2.26. The molecule has 0 saturated heterocycles. The van der Waals surface area contributed by atoms with Crippen molar-refractivity contribution in [1.82, 2.24) is 5.32 Å². The topological polar surface area (TPSA) is 46.2 Å². The molecule has 0 aliphatic carbocycles. The van der Waals surface area contributed by atoms with Gasteiger partial charge in [0, 0.05) is 18.8 Å². The lowest BCUT2D eigenvalue weighted by Crippen LogP contribution is -2.42. The molecule has 1 rings (SSSR count). The van der Waals surface area contributed by atoms with E-state index in [0.29, 0.717) is 6.54 Å². The highest BCUT2D eigenvalue weighted by atomic mass is 32.2. The molecule has 20 heavy (non-hydrogen) atoms. The number of hydrogen-bond acceptors (Lipinski definition) is 3. The molecule has 1 aromatic rings. The Morgan fingerprint density at radius 1 is 1.20 bits per heavy atom. The van der Waals surface area contributed by atoms with Crippen molar-refractivity contribution in [3.8, 4) is 0 Å². The Morgan fingerprint density at radius 2 is 1.75 bits per heavy atom. The molecular formula is C16H27NO2S. The van der Waals surface area contributed by atoms with Crippen molar-refractivity contribution in [1.29, 1.82) is 0 Å². The second-order valence-corrected chi connectivity index (χ2v) is 8.78. The van der Waals surface area contributed by atoms with Crippen LogP contribution < -0.4 is 5.32 Å². The van der Waals surface area contributed by atoms with E-state index in [4.69, 9.17) is 0 Å². The number of sulfone groups is 1. The van der Waals surface area contributed by atoms with E-state index < -0.39 is 14.6 Å². The van der Waals surface area contributed by atoms with Gasteiger partial charge in [-0.15, -0.1) is 0 Å². The summed E-state index contributed by atoms with van der Waals surface area (Å²) in [5, 5.41) is 3.32. The Hall–Kier alpha value is -0.870. The predicted octanol–water partition coefficient (Wildman–Crippen LogP) is 3.11. The van der Waals surface area contributed by atoms with Crippen molar-refractivity contribution in [3.05, 3.63) is 35.4 Å². The van der Waals surface area contributed by atoms with Crippen molar-refractivity contribution < 1.29 is 8.42 Å². The maximum Gasteiger partial charge on any atom is 0.153 e. The van der Waals surface area contributed by atoms with E-state index in [9.17, 15) is 8.42 Å². The van der Waals surface area contributed by atoms with Gasteiger partial charge in [-0.25, -0.2) is 8.42 Å². The predicted molar refractivity (Wildman–Crippen MR) is 85.8 cm³/mol. The molecule has 4 heteroatoms. The largest absolute Gasteiger partial charge is 0.309 e. The van der Waals surface area contributed by atoms with Gasteiger partial charge in [-0.05, 0) is 38.3 Å². The van der Waals surface area contributed by atoms with E-state index in [2.05, 4.69) is 43.4 Å². The van der Waals surface area contributed by atoms with E-state index in [1.54, 1.807) is 13.8 Å². The summed E-state index contributed by atoms with van der Waals surface area (Å²) in [6, 6.07) is 8.69. The first-order valence-corrected chi connectivity index (χ1v) is 9.08. The Kier molecular flexibility index (Phi) is 5.78. The fourth-order valence-electron chi connectivity index (χ4n) is 1.91. The molecule has 0 aromatic heterocycles. The third-order valence-corrected chi connectivity index (χ3v) is 6.01. The van der Waals surface area contributed by atoms with Crippen LogP contribution in [-0.2, 0) is 16.3 Å². The number of hydrogen-bond donors (Lipinski definition) is 1. The number of rotatable bonds is 7. The minimum absolute atomic E-state index is 0.145. The summed E-state index contributed by atoms with van der Waals surface area (Å²) >= 11 is 0. The summed E-state index contributed by atoms with van der Waals surface area (Å²) in [6.45, 7) is 8.20. The first-order valence-electron chi connectivity index (χ1n) is 7.19. The van der Waals surface area contributed by atoms with Crippen LogP contribution in [-0.4, -0.2) is 26.0 Å². The lowest BCUT2D eigenvalue weighted by molar-refractivity contribution is 0.489. The summed E-state index contributed by atoms with van der Waals surface area (Å²) in [7, 11) is -3.06. The van der Waals surface area contributed by atoms with Crippen LogP contribution in [0, 0.1) is 0 Å². The van der Waals surface area contributed by atoms with Gasteiger partial charge in [0.1, 0.15) is 0 Å². The molecule has 3 nitrogen and oxygen atoms in total. The fraction of sp³-hybridized carbons (Fsp3) is 0.625. The number of benzene rings is 1. The highest BCUT2D eigenvalue weighted by Gasteiger charge is 2.30. The van der Waals surface area contributed by atoms with Crippen molar-refractivity contribution in [3.63, 3.8) is 0 Å². The molecule has 1 N–H and O–H groups in total. The second kappa shape index (κ2) is 6.72. The van der Waals surface area contributed by atoms with E-state index in [1.165, 1.54) is 17.4 Å². The summed E-state index contributed by atoms with van der Waals surface area (Å²) in [6.07, 6.45) is 3.54. The van der Waals surface area contributed by atoms with Gasteiger partial charge in [0.05, 0.1) is 4.75 Å². The SMILES string of the molecule is CCCc1ccc(C(C)NCC(C)(C)S(C)(=O)=O)cc1. The lowest BCUT2D eigenvalue weighted by atomic mass is 10.0. The van der Waals surface area contributed by atoms with E-state index >= 15 is 0 Å². The van der Waals surface area contributed by atoms with Gasteiger partial charge in [-0.1, -0.05) is 37.6 Å². The summed E-state index contributed by atoms with van der Waals surface area (Å²) in [5.41, 5.74) is 2.54. The molecule has 0 spiro atoms. The highest BCUT2D eigenvalue weighted by molar-refractivity contribution is 7.92. The molecule has 0 aliphatic rings. The van der Waals surface area contributed by atoms with Crippen molar-refractivity contribution in [2.45, 2.75) is 51.3 Å². The number of aryl methyl sites for hydroxylation is 1. The van der Waals surface area contributed by atoms with Gasteiger partial charge in [-0.2, -0.15) is 0 Å². The molecule has 1 aromatic carbocycles. The van der Waals surface area contributed by atoms with Crippen LogP contribution in [0.15, 0.2) is 24.3 Å². The van der Waals surface area contributed by atoms with Gasteiger partial charge >= 0.3 is 0 Å². The highest BCUT2D eigenvalue weighted by Crippen LogP contribution is 2.18. The molecule has 114 valence electrons. The average molecular weight is 297 g/mol. The van der Waals surface area contributed by atoms with Crippen LogP contribution >= 0.6 is 0 Å².